The van der Waals surface area contributed by atoms with E-state index in [1.807, 2.05) is 20.8 Å². The van der Waals surface area contributed by atoms with Gasteiger partial charge in [-0.1, -0.05) is 20.8 Å². The van der Waals surface area contributed by atoms with E-state index >= 15 is 0 Å². The van der Waals surface area contributed by atoms with Gasteiger partial charge in [-0.15, -0.1) is 0 Å². The zero-order chi connectivity index (χ0) is 15.8. The molecule has 21 heavy (non-hydrogen) atoms. The Labute approximate surface area is 126 Å². The molecule has 0 bridgehead atoms. The fraction of sp³-hybridized carbons (Fsp3) is 0.500. The number of benzene rings is 1. The lowest BCUT2D eigenvalue weighted by atomic mass is 9.95. The van der Waals surface area contributed by atoms with Crippen LogP contribution in [0.15, 0.2) is 18.2 Å². The molecule has 1 aromatic carbocycles. The molecule has 0 atom stereocenters. The van der Waals surface area contributed by atoms with E-state index in [-0.39, 0.29) is 17.3 Å². The molecule has 0 N–H and O–H groups in total. The molecule has 0 unspecified atom stereocenters. The summed E-state index contributed by atoms with van der Waals surface area (Å²) in [7, 11) is 0. The topological polar surface area (TPSA) is 51.2 Å². The molecule has 0 aliphatic carbocycles. The Morgan fingerprint density at radius 1 is 0.619 bits per heavy atom. The van der Waals surface area contributed by atoms with Crippen LogP contribution >= 0.6 is 0 Å². The highest BCUT2D eigenvalue weighted by Gasteiger charge is 2.15. The summed E-state index contributed by atoms with van der Waals surface area (Å²) in [5, 5.41) is 0. The third kappa shape index (κ3) is 4.92. The van der Waals surface area contributed by atoms with Crippen molar-refractivity contribution in [2.45, 2.75) is 59.3 Å². The van der Waals surface area contributed by atoms with E-state index in [0.29, 0.717) is 36.0 Å². The predicted octanol–water partition coefficient (Wildman–Crippen LogP) is 4.64. The van der Waals surface area contributed by atoms with Gasteiger partial charge in [0.1, 0.15) is 0 Å². The number of ketones is 3. The quantitative estimate of drug-likeness (QED) is 0.622. The molecule has 0 saturated carbocycles. The number of carbonyl (C=O) groups is 3. The van der Waals surface area contributed by atoms with Crippen molar-refractivity contribution in [2.75, 3.05) is 0 Å². The van der Waals surface area contributed by atoms with Crippen molar-refractivity contribution < 1.29 is 14.4 Å². The second-order valence-electron chi connectivity index (χ2n) is 5.32. The van der Waals surface area contributed by atoms with Gasteiger partial charge >= 0.3 is 0 Å². The number of hydrogen-bond acceptors (Lipinski definition) is 3. The number of Topliss-reactive ketones (excluding diaryl/α,β-unsaturated/α-hetero) is 3. The highest BCUT2D eigenvalue weighted by Crippen LogP contribution is 2.17. The Hall–Kier alpha value is -1.77. The largest absolute Gasteiger partial charge is 0.294 e. The maximum atomic E-state index is 12.1. The molecule has 0 fully saturated rings. The summed E-state index contributed by atoms with van der Waals surface area (Å²) in [5.74, 6) is -0.0161. The fourth-order valence-corrected chi connectivity index (χ4v) is 2.22. The standard InChI is InChI=1S/C18H24O3/c1-4-7-16(19)13-10-14(17(20)8-5-2)12-15(11-13)18(21)9-6-3/h10-12H,4-9H2,1-3H3. The molecule has 3 nitrogen and oxygen atoms in total. The van der Waals surface area contributed by atoms with E-state index in [2.05, 4.69) is 0 Å². The van der Waals surface area contributed by atoms with Gasteiger partial charge in [0.05, 0.1) is 0 Å². The van der Waals surface area contributed by atoms with Gasteiger partial charge in [0.25, 0.3) is 0 Å². The van der Waals surface area contributed by atoms with Crippen molar-refractivity contribution in [1.29, 1.82) is 0 Å². The minimum atomic E-state index is -0.00537. The first-order valence-electron chi connectivity index (χ1n) is 7.78. The Morgan fingerprint density at radius 3 is 1.05 bits per heavy atom. The zero-order valence-corrected chi connectivity index (χ0v) is 13.2. The fourth-order valence-electron chi connectivity index (χ4n) is 2.22. The monoisotopic (exact) mass is 288 g/mol. The molecule has 0 spiro atoms. The lowest BCUT2D eigenvalue weighted by Gasteiger charge is -2.08. The smallest absolute Gasteiger partial charge is 0.162 e. The van der Waals surface area contributed by atoms with Gasteiger partial charge < -0.3 is 0 Å². The SMILES string of the molecule is CCCC(=O)c1cc(C(=O)CCC)cc(C(=O)CCC)c1. The predicted molar refractivity (Wildman–Crippen MR) is 84.2 cm³/mol. The van der Waals surface area contributed by atoms with Gasteiger partial charge in [0.2, 0.25) is 0 Å². The van der Waals surface area contributed by atoms with E-state index < -0.39 is 0 Å². The zero-order valence-electron chi connectivity index (χ0n) is 13.2. The average molecular weight is 288 g/mol. The molecule has 1 rings (SSSR count). The lowest BCUT2D eigenvalue weighted by molar-refractivity contribution is 0.0981. The summed E-state index contributed by atoms with van der Waals surface area (Å²) >= 11 is 0. The third-order valence-corrected chi connectivity index (χ3v) is 3.33. The first-order valence-corrected chi connectivity index (χ1v) is 7.78. The Kier molecular flexibility index (Phi) is 7.00. The molecule has 0 aliphatic rings. The molecule has 1 aromatic rings. The highest BCUT2D eigenvalue weighted by molar-refractivity contribution is 6.06. The Balaban J connectivity index is 3.22. The molecule has 0 saturated heterocycles. The van der Waals surface area contributed by atoms with E-state index in [0.717, 1.165) is 19.3 Å². The molecule has 0 radical (unpaired) electrons. The van der Waals surface area contributed by atoms with Crippen LogP contribution in [0, 0.1) is 0 Å². The van der Waals surface area contributed by atoms with Gasteiger partial charge in [-0.05, 0) is 37.5 Å². The van der Waals surface area contributed by atoms with Crippen LogP contribution in [0.3, 0.4) is 0 Å². The van der Waals surface area contributed by atoms with Crippen LogP contribution in [0.25, 0.3) is 0 Å². The molecule has 0 heterocycles. The van der Waals surface area contributed by atoms with E-state index in [9.17, 15) is 14.4 Å². The van der Waals surface area contributed by atoms with Crippen molar-refractivity contribution >= 4 is 17.3 Å². The van der Waals surface area contributed by atoms with Crippen LogP contribution in [0.1, 0.15) is 90.4 Å². The number of rotatable bonds is 9. The van der Waals surface area contributed by atoms with Crippen LogP contribution in [0.4, 0.5) is 0 Å². The van der Waals surface area contributed by atoms with E-state index in [4.69, 9.17) is 0 Å². The summed E-state index contributed by atoms with van der Waals surface area (Å²) < 4.78 is 0. The summed E-state index contributed by atoms with van der Waals surface area (Å²) in [5.41, 5.74) is 1.45. The summed E-state index contributed by atoms with van der Waals surface area (Å²) in [6.07, 6.45) is 3.57. The number of hydrogen-bond donors (Lipinski definition) is 0. The molecule has 0 aromatic heterocycles. The van der Waals surface area contributed by atoms with Crippen LogP contribution in [0.2, 0.25) is 0 Å². The maximum absolute atomic E-state index is 12.1. The summed E-state index contributed by atoms with van der Waals surface area (Å²) in [6, 6.07) is 4.91. The normalized spacial score (nSPS) is 10.4. The Morgan fingerprint density at radius 2 is 0.857 bits per heavy atom. The first kappa shape index (κ1) is 17.3. The molecule has 0 aliphatic heterocycles. The second-order valence-corrected chi connectivity index (χ2v) is 5.32. The van der Waals surface area contributed by atoms with Gasteiger partial charge in [0.15, 0.2) is 17.3 Å². The summed E-state index contributed by atoms with van der Waals surface area (Å²) in [6.45, 7) is 5.81. The average Bonchev–Trinajstić information content (AvgIpc) is 2.47. The summed E-state index contributed by atoms with van der Waals surface area (Å²) in [4.78, 5) is 36.3. The molecular weight excluding hydrogens is 264 g/mol. The van der Waals surface area contributed by atoms with Crippen LogP contribution in [-0.2, 0) is 0 Å². The van der Waals surface area contributed by atoms with Crippen molar-refractivity contribution in [1.82, 2.24) is 0 Å². The van der Waals surface area contributed by atoms with Crippen LogP contribution in [-0.4, -0.2) is 17.3 Å². The van der Waals surface area contributed by atoms with Gasteiger partial charge in [-0.2, -0.15) is 0 Å². The molecule has 0 amide bonds. The van der Waals surface area contributed by atoms with Crippen molar-refractivity contribution in [3.8, 4) is 0 Å². The van der Waals surface area contributed by atoms with Crippen molar-refractivity contribution in [3.63, 3.8) is 0 Å². The lowest BCUT2D eigenvalue weighted by Crippen LogP contribution is -2.08. The minimum absolute atomic E-state index is 0.00537. The van der Waals surface area contributed by atoms with Gasteiger partial charge in [0, 0.05) is 36.0 Å². The maximum Gasteiger partial charge on any atom is 0.162 e. The third-order valence-electron chi connectivity index (χ3n) is 3.33. The van der Waals surface area contributed by atoms with Gasteiger partial charge in [-0.3, -0.25) is 14.4 Å². The van der Waals surface area contributed by atoms with Crippen LogP contribution in [0.5, 0.6) is 0 Å². The molecule has 114 valence electrons. The second kappa shape index (κ2) is 8.50. The molecule has 3 heteroatoms. The number of carbonyl (C=O) groups excluding carboxylic acids is 3. The first-order chi connectivity index (χ1) is 10.0. The van der Waals surface area contributed by atoms with Crippen molar-refractivity contribution in [3.05, 3.63) is 34.9 Å². The van der Waals surface area contributed by atoms with Gasteiger partial charge in [-0.25, -0.2) is 0 Å². The minimum Gasteiger partial charge on any atom is -0.294 e. The highest BCUT2D eigenvalue weighted by atomic mass is 16.1. The van der Waals surface area contributed by atoms with Crippen molar-refractivity contribution in [2.24, 2.45) is 0 Å². The molecular formula is C18H24O3. The Bertz CT molecular complexity index is 441. The van der Waals surface area contributed by atoms with E-state index in [1.165, 1.54) is 0 Å². The van der Waals surface area contributed by atoms with E-state index in [1.54, 1.807) is 18.2 Å². The van der Waals surface area contributed by atoms with Crippen LogP contribution < -0.4 is 0 Å².